The number of nitrogens with zero attached hydrogens (tertiary/aromatic N) is 1. The van der Waals surface area contributed by atoms with Gasteiger partial charge in [0.2, 0.25) is 0 Å². The Morgan fingerprint density at radius 1 is 0.903 bits per heavy atom. The molecule has 0 aromatic heterocycles. The molecular weight excluding hydrogens is 394 g/mol. The third-order valence-electron chi connectivity index (χ3n) is 4.48. The van der Waals surface area contributed by atoms with E-state index < -0.39 is 5.97 Å². The topological polar surface area (TPSA) is 77.3 Å². The summed E-state index contributed by atoms with van der Waals surface area (Å²) in [4.78, 5) is 16.2. The van der Waals surface area contributed by atoms with E-state index in [4.69, 9.17) is 19.4 Å². The lowest BCUT2D eigenvalue weighted by Gasteiger charge is -2.09. The summed E-state index contributed by atoms with van der Waals surface area (Å²) in [5, 5.41) is 13.1. The van der Waals surface area contributed by atoms with Crippen LogP contribution in [0.4, 0.5) is 0 Å². The van der Waals surface area contributed by atoms with Crippen LogP contribution in [0.25, 0.3) is 11.1 Å². The zero-order chi connectivity index (χ0) is 21.9. The van der Waals surface area contributed by atoms with Crippen molar-refractivity contribution in [2.24, 2.45) is 5.16 Å². The Morgan fingerprint density at radius 3 is 2.35 bits per heavy atom. The van der Waals surface area contributed by atoms with E-state index in [9.17, 15) is 4.79 Å². The monoisotopic (exact) mass is 419 g/mol. The lowest BCUT2D eigenvalue weighted by atomic mass is 10.0. The molecule has 0 aliphatic rings. The minimum absolute atomic E-state index is 0.0402. The van der Waals surface area contributed by atoms with E-state index in [2.05, 4.69) is 17.3 Å². The fourth-order valence-corrected chi connectivity index (χ4v) is 3.02. The fourth-order valence-electron chi connectivity index (χ4n) is 3.02. The van der Waals surface area contributed by atoms with Gasteiger partial charge in [0, 0.05) is 12.7 Å². The summed E-state index contributed by atoms with van der Waals surface area (Å²) >= 11 is 0. The zero-order valence-electron chi connectivity index (χ0n) is 17.4. The predicted molar refractivity (Wildman–Crippen MR) is 120 cm³/mol. The van der Waals surface area contributed by atoms with Crippen LogP contribution in [0.5, 0.6) is 5.75 Å². The number of carboxylic acid groups (broad SMARTS) is 1. The first kappa shape index (κ1) is 22.1. The van der Waals surface area contributed by atoms with E-state index in [1.807, 2.05) is 42.5 Å². The number of carbonyl (C=O) groups is 1. The summed E-state index contributed by atoms with van der Waals surface area (Å²) < 4.78 is 10.9. The number of ether oxygens (including phenoxy) is 2. The molecule has 0 radical (unpaired) electrons. The Labute approximate surface area is 181 Å². The maximum atomic E-state index is 10.8. The van der Waals surface area contributed by atoms with Crippen LogP contribution >= 0.6 is 0 Å². The highest BCUT2D eigenvalue weighted by Gasteiger charge is 2.06. The first-order valence-corrected chi connectivity index (χ1v) is 9.93. The van der Waals surface area contributed by atoms with Crippen molar-refractivity contribution in [1.29, 1.82) is 0 Å². The first-order valence-electron chi connectivity index (χ1n) is 9.93. The summed E-state index contributed by atoms with van der Waals surface area (Å²) in [6.07, 6.45) is -0.0402. The van der Waals surface area contributed by atoms with Crippen LogP contribution in [0.15, 0.2) is 84.0 Å². The smallest absolute Gasteiger partial charge is 0.307 e. The van der Waals surface area contributed by atoms with Crippen molar-refractivity contribution in [3.05, 3.63) is 90.0 Å². The highest BCUT2D eigenvalue weighted by atomic mass is 16.6. The van der Waals surface area contributed by atoms with Gasteiger partial charge in [-0.25, -0.2) is 0 Å². The second-order valence-electron chi connectivity index (χ2n) is 6.81. The van der Waals surface area contributed by atoms with E-state index in [-0.39, 0.29) is 19.6 Å². The van der Waals surface area contributed by atoms with E-state index in [0.29, 0.717) is 23.6 Å². The van der Waals surface area contributed by atoms with Crippen LogP contribution in [0, 0.1) is 0 Å². The van der Waals surface area contributed by atoms with Crippen molar-refractivity contribution in [3.8, 4) is 16.9 Å². The molecule has 3 rings (SSSR count). The predicted octanol–water partition coefficient (Wildman–Crippen LogP) is 4.43. The van der Waals surface area contributed by atoms with Crippen molar-refractivity contribution < 1.29 is 24.2 Å². The Balaban J connectivity index is 1.55. The van der Waals surface area contributed by atoms with Gasteiger partial charge in [-0.1, -0.05) is 71.9 Å². The van der Waals surface area contributed by atoms with Gasteiger partial charge in [0.05, 0.1) is 13.0 Å². The average molecular weight is 419 g/mol. The molecule has 0 bridgehead atoms. The molecule has 3 aromatic carbocycles. The molecule has 0 atom stereocenters. The summed E-state index contributed by atoms with van der Waals surface area (Å²) in [5.74, 6) is -0.280. The molecule has 0 aliphatic heterocycles. The zero-order valence-corrected chi connectivity index (χ0v) is 17.4. The summed E-state index contributed by atoms with van der Waals surface area (Å²) in [6.45, 7) is 0.856. The molecular formula is C25H25NO5. The molecule has 0 aliphatic carbocycles. The van der Waals surface area contributed by atoms with Gasteiger partial charge in [-0.3, -0.25) is 4.79 Å². The van der Waals surface area contributed by atoms with Crippen molar-refractivity contribution in [3.63, 3.8) is 0 Å². The van der Waals surface area contributed by atoms with Gasteiger partial charge in [0.25, 0.3) is 0 Å². The lowest BCUT2D eigenvalue weighted by Crippen LogP contribution is -2.11. The molecule has 6 heteroatoms. The van der Waals surface area contributed by atoms with Crippen molar-refractivity contribution in [1.82, 2.24) is 0 Å². The highest BCUT2D eigenvalue weighted by molar-refractivity contribution is 6.01. The molecule has 160 valence electrons. The Morgan fingerprint density at radius 2 is 1.65 bits per heavy atom. The number of aliphatic carboxylic acids is 1. The van der Waals surface area contributed by atoms with Crippen LogP contribution in [-0.2, 0) is 20.8 Å². The number of carboxylic acids is 1. The molecule has 0 spiro atoms. The van der Waals surface area contributed by atoms with Crippen LogP contribution < -0.4 is 4.74 Å². The molecule has 0 amide bonds. The van der Waals surface area contributed by atoms with Gasteiger partial charge in [-0.15, -0.1) is 0 Å². The molecule has 0 fully saturated rings. The van der Waals surface area contributed by atoms with Crippen LogP contribution in [-0.4, -0.2) is 43.7 Å². The normalized spacial score (nSPS) is 11.2. The second-order valence-corrected chi connectivity index (χ2v) is 6.81. The molecule has 6 nitrogen and oxygen atoms in total. The molecule has 0 heterocycles. The second kappa shape index (κ2) is 11.5. The number of hydrogen-bond acceptors (Lipinski definition) is 5. The maximum absolute atomic E-state index is 10.8. The molecule has 0 unspecified atom stereocenters. The largest absolute Gasteiger partial charge is 0.490 e. The summed E-state index contributed by atoms with van der Waals surface area (Å²) in [5.41, 5.74) is 4.57. The van der Waals surface area contributed by atoms with Gasteiger partial charge in [-0.05, 0) is 28.8 Å². The SMILES string of the molecule is COC/C(=N/OCCOc1cccc(CC(=O)O)c1)c1ccc(-c2ccccc2)cc1. The number of oxime groups is 1. The van der Waals surface area contributed by atoms with Crippen LogP contribution in [0.2, 0.25) is 0 Å². The summed E-state index contributed by atoms with van der Waals surface area (Å²) in [6, 6.07) is 25.2. The number of hydrogen-bond donors (Lipinski definition) is 1. The standard InChI is InChI=1S/C25H25NO5/c1-29-18-24(22-12-10-21(11-13-22)20-7-3-2-4-8-20)26-31-15-14-30-23-9-5-6-19(16-23)17-25(27)28/h2-13,16H,14-15,17-18H2,1H3,(H,27,28)/b26-24-. The fraction of sp³-hybridized carbons (Fsp3) is 0.200. The highest BCUT2D eigenvalue weighted by Crippen LogP contribution is 2.19. The number of benzene rings is 3. The summed E-state index contributed by atoms with van der Waals surface area (Å²) in [7, 11) is 1.61. The lowest BCUT2D eigenvalue weighted by molar-refractivity contribution is -0.136. The van der Waals surface area contributed by atoms with E-state index >= 15 is 0 Å². The van der Waals surface area contributed by atoms with E-state index in [1.54, 1.807) is 31.4 Å². The number of rotatable bonds is 11. The van der Waals surface area contributed by atoms with Gasteiger partial charge in [-0.2, -0.15) is 0 Å². The minimum atomic E-state index is -0.878. The van der Waals surface area contributed by atoms with E-state index in [1.165, 1.54) is 0 Å². The maximum Gasteiger partial charge on any atom is 0.307 e. The Kier molecular flexibility index (Phi) is 8.20. The molecule has 0 saturated carbocycles. The molecule has 1 N–H and O–H groups in total. The minimum Gasteiger partial charge on any atom is -0.490 e. The third-order valence-corrected chi connectivity index (χ3v) is 4.48. The van der Waals surface area contributed by atoms with E-state index in [0.717, 1.165) is 16.7 Å². The number of methoxy groups -OCH3 is 1. The van der Waals surface area contributed by atoms with Crippen molar-refractivity contribution in [2.75, 3.05) is 26.9 Å². The quantitative estimate of drug-likeness (QED) is 0.283. The third kappa shape index (κ3) is 6.97. The first-order chi connectivity index (χ1) is 15.2. The molecule has 0 saturated heterocycles. The van der Waals surface area contributed by atoms with Crippen LogP contribution in [0.1, 0.15) is 11.1 Å². The van der Waals surface area contributed by atoms with Gasteiger partial charge in [0.15, 0.2) is 6.61 Å². The average Bonchev–Trinajstić information content (AvgIpc) is 2.79. The Bertz CT molecular complexity index is 1000. The molecule has 3 aromatic rings. The van der Waals surface area contributed by atoms with Gasteiger partial charge >= 0.3 is 5.97 Å². The Hall–Kier alpha value is -3.64. The van der Waals surface area contributed by atoms with Crippen LogP contribution in [0.3, 0.4) is 0 Å². The van der Waals surface area contributed by atoms with Crippen molar-refractivity contribution in [2.45, 2.75) is 6.42 Å². The van der Waals surface area contributed by atoms with Crippen molar-refractivity contribution >= 4 is 11.7 Å². The van der Waals surface area contributed by atoms with Gasteiger partial charge < -0.3 is 19.4 Å². The van der Waals surface area contributed by atoms with Gasteiger partial charge in [0.1, 0.15) is 18.1 Å². The molecule has 31 heavy (non-hydrogen) atoms.